The van der Waals surface area contributed by atoms with Gasteiger partial charge in [0.05, 0.1) is 0 Å². The molecule has 3 nitrogen and oxygen atoms in total. The molecule has 2 fully saturated rings. The Morgan fingerprint density at radius 3 is 2.52 bits per heavy atom. The van der Waals surface area contributed by atoms with E-state index in [4.69, 9.17) is 0 Å². The highest BCUT2D eigenvalue weighted by Gasteiger charge is 2.45. The first kappa shape index (κ1) is 18.5. The van der Waals surface area contributed by atoms with Gasteiger partial charge in [-0.25, -0.2) is 0 Å². The zero-order valence-corrected chi connectivity index (χ0v) is 15.7. The molecule has 0 aromatic heterocycles. The Balaban J connectivity index is 2.06. The van der Waals surface area contributed by atoms with Crippen molar-refractivity contribution < 1.29 is 4.79 Å². The summed E-state index contributed by atoms with van der Waals surface area (Å²) in [4.78, 5) is 15.6. The van der Waals surface area contributed by atoms with E-state index >= 15 is 0 Å². The molecule has 2 aliphatic rings. The lowest BCUT2D eigenvalue weighted by atomic mass is 9.62. The Kier molecular flexibility index (Phi) is 5.94. The van der Waals surface area contributed by atoms with E-state index in [9.17, 15) is 4.79 Å². The third-order valence-corrected chi connectivity index (χ3v) is 5.81. The molecule has 0 bridgehead atoms. The number of rotatable bonds is 5. The minimum absolute atomic E-state index is 0.166. The number of nitrogens with zero attached hydrogens (tertiary/aromatic N) is 1. The summed E-state index contributed by atoms with van der Waals surface area (Å²) < 4.78 is 0. The second kappa shape index (κ2) is 7.38. The summed E-state index contributed by atoms with van der Waals surface area (Å²) in [5, 5.41) is 3.25. The van der Waals surface area contributed by atoms with Crippen LogP contribution in [0.15, 0.2) is 12.7 Å². The second-order valence-corrected chi connectivity index (χ2v) is 8.93. The maximum absolute atomic E-state index is 13.0. The van der Waals surface area contributed by atoms with Gasteiger partial charge >= 0.3 is 0 Å². The van der Waals surface area contributed by atoms with Crippen LogP contribution in [0.4, 0.5) is 0 Å². The van der Waals surface area contributed by atoms with Gasteiger partial charge in [0.2, 0.25) is 5.91 Å². The van der Waals surface area contributed by atoms with E-state index in [-0.39, 0.29) is 16.9 Å². The van der Waals surface area contributed by atoms with Crippen LogP contribution in [-0.2, 0) is 4.79 Å². The Labute approximate surface area is 142 Å². The second-order valence-electron chi connectivity index (χ2n) is 8.93. The molecule has 0 spiro atoms. The predicted octanol–water partition coefficient (Wildman–Crippen LogP) is 4.00. The topological polar surface area (TPSA) is 32.3 Å². The maximum Gasteiger partial charge on any atom is 0.226 e. The molecule has 1 amide bonds. The van der Waals surface area contributed by atoms with Crippen molar-refractivity contribution in [3.8, 4) is 0 Å². The van der Waals surface area contributed by atoms with Gasteiger partial charge in [-0.15, -0.1) is 6.58 Å². The van der Waals surface area contributed by atoms with Crippen LogP contribution in [-0.4, -0.2) is 36.0 Å². The molecular weight excluding hydrogens is 284 g/mol. The Hall–Kier alpha value is -0.830. The van der Waals surface area contributed by atoms with Gasteiger partial charge in [-0.1, -0.05) is 13.0 Å². The first-order valence-corrected chi connectivity index (χ1v) is 9.42. The number of nitrogens with one attached hydrogen (secondary N) is 1. The van der Waals surface area contributed by atoms with Gasteiger partial charge in [0.1, 0.15) is 0 Å². The maximum atomic E-state index is 13.0. The van der Waals surface area contributed by atoms with Crippen LogP contribution in [0, 0.1) is 17.3 Å². The molecule has 1 heterocycles. The average molecular weight is 321 g/mol. The van der Waals surface area contributed by atoms with Gasteiger partial charge < -0.3 is 10.2 Å². The van der Waals surface area contributed by atoms with Crippen molar-refractivity contribution in [3.05, 3.63) is 12.7 Å². The molecule has 1 aliphatic carbocycles. The molecule has 3 atom stereocenters. The molecule has 3 unspecified atom stereocenters. The van der Waals surface area contributed by atoms with E-state index < -0.39 is 0 Å². The third-order valence-electron chi connectivity index (χ3n) is 5.81. The number of hydrogen-bond acceptors (Lipinski definition) is 2. The Morgan fingerprint density at radius 2 is 1.96 bits per heavy atom. The minimum Gasteiger partial charge on any atom is -0.351 e. The van der Waals surface area contributed by atoms with Crippen molar-refractivity contribution in [1.29, 1.82) is 0 Å². The van der Waals surface area contributed by atoms with Crippen LogP contribution in [0.5, 0.6) is 0 Å². The molecule has 0 aromatic rings. The van der Waals surface area contributed by atoms with Crippen LogP contribution in [0.3, 0.4) is 0 Å². The summed E-state index contributed by atoms with van der Waals surface area (Å²) in [5.74, 6) is 1.21. The van der Waals surface area contributed by atoms with E-state index in [2.05, 4.69) is 50.6 Å². The largest absolute Gasteiger partial charge is 0.351 e. The molecule has 0 aromatic carbocycles. The zero-order valence-electron chi connectivity index (χ0n) is 15.7. The third kappa shape index (κ3) is 4.82. The van der Waals surface area contributed by atoms with E-state index in [0.29, 0.717) is 11.8 Å². The normalized spacial score (nSPS) is 32.7. The first-order valence-electron chi connectivity index (χ1n) is 9.42. The van der Waals surface area contributed by atoms with Gasteiger partial charge in [0, 0.05) is 11.0 Å². The highest BCUT2D eigenvalue weighted by atomic mass is 16.2. The van der Waals surface area contributed by atoms with Crippen molar-refractivity contribution >= 4 is 5.91 Å². The van der Waals surface area contributed by atoms with Crippen LogP contribution in [0.25, 0.3) is 0 Å². The van der Waals surface area contributed by atoms with E-state index in [1.54, 1.807) is 0 Å². The Morgan fingerprint density at radius 1 is 1.30 bits per heavy atom. The number of carbonyl (C=O) groups is 1. The van der Waals surface area contributed by atoms with Crippen LogP contribution in [0.1, 0.15) is 66.2 Å². The monoisotopic (exact) mass is 320 g/mol. The number of amides is 1. The fraction of sp³-hybridized carbons (Fsp3) is 0.850. The lowest BCUT2D eigenvalue weighted by Crippen LogP contribution is -2.53. The smallest absolute Gasteiger partial charge is 0.226 e. The molecule has 23 heavy (non-hydrogen) atoms. The molecule has 0 radical (unpaired) electrons. The molecule has 1 N–H and O–H groups in total. The number of likely N-dealkylation sites (tertiary alicyclic amines) is 1. The summed E-state index contributed by atoms with van der Waals surface area (Å²) in [7, 11) is 0. The van der Waals surface area contributed by atoms with Crippen molar-refractivity contribution in [2.24, 2.45) is 17.3 Å². The molecule has 3 heteroatoms. The summed E-state index contributed by atoms with van der Waals surface area (Å²) in [6.07, 6.45) is 9.17. The lowest BCUT2D eigenvalue weighted by molar-refractivity contribution is -0.138. The first-order chi connectivity index (χ1) is 10.7. The summed E-state index contributed by atoms with van der Waals surface area (Å²) in [6.45, 7) is 16.0. The fourth-order valence-corrected chi connectivity index (χ4v) is 4.32. The standard InChI is InChI=1S/C20H36N2O/c1-6-16-9-10-17(11-14-22-12-7-8-13-22)20(5,15-16)18(23)21-19(2,3)4/h6,16-17H,1,7-15H2,2-5H3,(H,21,23). The van der Waals surface area contributed by atoms with Crippen molar-refractivity contribution in [1.82, 2.24) is 10.2 Å². The lowest BCUT2D eigenvalue weighted by Gasteiger charge is -2.44. The van der Waals surface area contributed by atoms with Gasteiger partial charge in [0.25, 0.3) is 0 Å². The predicted molar refractivity (Wildman–Crippen MR) is 97.3 cm³/mol. The SMILES string of the molecule is C=CC1CCC(CCN2CCCC2)C(C)(C(=O)NC(C)(C)C)C1. The molecule has 1 saturated heterocycles. The van der Waals surface area contributed by atoms with Gasteiger partial charge in [0.15, 0.2) is 0 Å². The van der Waals surface area contributed by atoms with Crippen LogP contribution < -0.4 is 5.32 Å². The number of allylic oxidation sites excluding steroid dienone is 1. The molecule has 2 rings (SSSR count). The highest BCUT2D eigenvalue weighted by Crippen LogP contribution is 2.46. The molecule has 132 valence electrons. The number of hydrogen-bond donors (Lipinski definition) is 1. The average Bonchev–Trinajstić information content (AvgIpc) is 2.97. The molecular formula is C20H36N2O. The summed E-state index contributed by atoms with van der Waals surface area (Å²) in [6, 6.07) is 0. The molecule has 1 aliphatic heterocycles. The van der Waals surface area contributed by atoms with E-state index in [1.165, 1.54) is 32.4 Å². The van der Waals surface area contributed by atoms with Crippen molar-refractivity contribution in [3.63, 3.8) is 0 Å². The van der Waals surface area contributed by atoms with E-state index in [1.807, 2.05) is 0 Å². The van der Waals surface area contributed by atoms with E-state index in [0.717, 1.165) is 25.8 Å². The minimum atomic E-state index is -0.260. The van der Waals surface area contributed by atoms with Crippen LogP contribution in [0.2, 0.25) is 0 Å². The van der Waals surface area contributed by atoms with Gasteiger partial charge in [-0.3, -0.25) is 4.79 Å². The zero-order chi connectivity index (χ0) is 17.1. The van der Waals surface area contributed by atoms with Crippen molar-refractivity contribution in [2.75, 3.05) is 19.6 Å². The van der Waals surface area contributed by atoms with Crippen molar-refractivity contribution in [2.45, 2.75) is 71.8 Å². The Bertz CT molecular complexity index is 420. The van der Waals surface area contributed by atoms with Gasteiger partial charge in [-0.2, -0.15) is 0 Å². The van der Waals surface area contributed by atoms with Crippen LogP contribution >= 0.6 is 0 Å². The number of carbonyl (C=O) groups excluding carboxylic acids is 1. The summed E-state index contributed by atoms with van der Waals surface area (Å²) in [5.41, 5.74) is -0.426. The summed E-state index contributed by atoms with van der Waals surface area (Å²) >= 11 is 0. The van der Waals surface area contributed by atoms with Gasteiger partial charge in [-0.05, 0) is 90.8 Å². The quantitative estimate of drug-likeness (QED) is 0.777. The fourth-order valence-electron chi connectivity index (χ4n) is 4.32. The molecule has 1 saturated carbocycles. The highest BCUT2D eigenvalue weighted by molar-refractivity contribution is 5.83.